The molecule has 2 amide bonds. The number of pyridine rings is 1. The highest BCUT2D eigenvalue weighted by Crippen LogP contribution is 2.31. The smallest absolute Gasteiger partial charge is 0.416 e. The van der Waals surface area contributed by atoms with Gasteiger partial charge in [0.15, 0.2) is 0 Å². The summed E-state index contributed by atoms with van der Waals surface area (Å²) in [5, 5.41) is 2.75. The van der Waals surface area contributed by atoms with Crippen molar-refractivity contribution in [3.8, 4) is 0 Å². The molecule has 0 spiro atoms. The first kappa shape index (κ1) is 15.3. The zero-order valence-corrected chi connectivity index (χ0v) is 12.8. The molecule has 1 aliphatic rings. The van der Waals surface area contributed by atoms with E-state index in [0.717, 1.165) is 5.56 Å². The monoisotopic (exact) mass is 291 g/mol. The number of likely N-dealkylation sites (N-methyl/N-ethyl adjacent to an activating group) is 1. The van der Waals surface area contributed by atoms with E-state index in [1.165, 1.54) is 4.90 Å². The Morgan fingerprint density at radius 1 is 1.48 bits per heavy atom. The molecule has 0 bridgehead atoms. The van der Waals surface area contributed by atoms with Crippen LogP contribution >= 0.6 is 0 Å². The summed E-state index contributed by atoms with van der Waals surface area (Å²) in [6, 6.07) is 3.07. The van der Waals surface area contributed by atoms with Gasteiger partial charge in [0.25, 0.3) is 0 Å². The molecule has 0 aromatic carbocycles. The zero-order valence-electron chi connectivity index (χ0n) is 12.8. The molecular formula is C15H21N3O3. The average Bonchev–Trinajstić information content (AvgIpc) is 2.76. The molecular weight excluding hydrogens is 270 g/mol. The van der Waals surface area contributed by atoms with Gasteiger partial charge in [-0.15, -0.1) is 0 Å². The fourth-order valence-electron chi connectivity index (χ4n) is 2.28. The standard InChI is InChI=1S/C15H21N3O3/c1-5-16-13(19)11-9-10-7-6-8-17-12(10)18(11)14(20)21-15(2,3)4/h6-8,11H,5,9H2,1-4H3,(H,16,19). The van der Waals surface area contributed by atoms with Gasteiger partial charge in [0, 0.05) is 19.2 Å². The molecule has 6 heteroatoms. The summed E-state index contributed by atoms with van der Waals surface area (Å²) in [6.07, 6.45) is 1.51. The highest BCUT2D eigenvalue weighted by Gasteiger charge is 2.41. The molecule has 1 unspecified atom stereocenters. The Kier molecular flexibility index (Phi) is 4.16. The SMILES string of the molecule is CCNC(=O)C1Cc2cccnc2N1C(=O)OC(C)(C)C. The van der Waals surface area contributed by atoms with Crippen LogP contribution < -0.4 is 10.2 Å². The topological polar surface area (TPSA) is 71.5 Å². The van der Waals surface area contributed by atoms with Gasteiger partial charge in [-0.1, -0.05) is 6.07 Å². The van der Waals surface area contributed by atoms with Gasteiger partial charge in [-0.25, -0.2) is 14.7 Å². The second-order valence-electron chi connectivity index (χ2n) is 5.95. The predicted octanol–water partition coefficient (Wildman–Crippen LogP) is 1.88. The lowest BCUT2D eigenvalue weighted by Crippen LogP contribution is -2.49. The molecule has 0 aliphatic carbocycles. The van der Waals surface area contributed by atoms with E-state index in [-0.39, 0.29) is 5.91 Å². The van der Waals surface area contributed by atoms with Gasteiger partial charge in [0.2, 0.25) is 5.91 Å². The van der Waals surface area contributed by atoms with Crippen molar-refractivity contribution in [2.45, 2.75) is 45.8 Å². The van der Waals surface area contributed by atoms with Gasteiger partial charge in [0.1, 0.15) is 17.5 Å². The van der Waals surface area contributed by atoms with E-state index < -0.39 is 17.7 Å². The summed E-state index contributed by atoms with van der Waals surface area (Å²) in [7, 11) is 0. The Morgan fingerprint density at radius 2 is 2.19 bits per heavy atom. The molecule has 1 N–H and O–H groups in total. The summed E-state index contributed by atoms with van der Waals surface area (Å²) in [6.45, 7) is 7.74. The van der Waals surface area contributed by atoms with Crippen LogP contribution in [0.4, 0.5) is 10.6 Å². The minimum absolute atomic E-state index is 0.193. The average molecular weight is 291 g/mol. The largest absolute Gasteiger partial charge is 0.443 e. The van der Waals surface area contributed by atoms with Crippen molar-refractivity contribution in [3.05, 3.63) is 23.9 Å². The maximum Gasteiger partial charge on any atom is 0.416 e. The van der Waals surface area contributed by atoms with Crippen LogP contribution in [0.2, 0.25) is 0 Å². The maximum atomic E-state index is 12.4. The molecule has 2 heterocycles. The van der Waals surface area contributed by atoms with E-state index in [4.69, 9.17) is 4.74 Å². The Hall–Kier alpha value is -2.11. The van der Waals surface area contributed by atoms with Gasteiger partial charge in [-0.2, -0.15) is 0 Å². The summed E-state index contributed by atoms with van der Waals surface area (Å²) in [5.41, 5.74) is 0.250. The first-order valence-electron chi connectivity index (χ1n) is 7.07. The number of nitrogens with zero attached hydrogens (tertiary/aromatic N) is 2. The first-order valence-corrected chi connectivity index (χ1v) is 7.07. The van der Waals surface area contributed by atoms with Crippen LogP contribution in [0.15, 0.2) is 18.3 Å². The van der Waals surface area contributed by atoms with Crippen molar-refractivity contribution in [2.24, 2.45) is 0 Å². The van der Waals surface area contributed by atoms with E-state index in [1.807, 2.05) is 13.0 Å². The molecule has 0 radical (unpaired) electrons. The van der Waals surface area contributed by atoms with Crippen molar-refractivity contribution in [3.63, 3.8) is 0 Å². The van der Waals surface area contributed by atoms with E-state index in [1.54, 1.807) is 33.0 Å². The van der Waals surface area contributed by atoms with Gasteiger partial charge >= 0.3 is 6.09 Å². The molecule has 2 rings (SSSR count). The summed E-state index contributed by atoms with van der Waals surface area (Å²) in [5.74, 6) is 0.310. The second-order valence-corrected chi connectivity index (χ2v) is 5.95. The number of rotatable bonds is 2. The fourth-order valence-corrected chi connectivity index (χ4v) is 2.28. The first-order chi connectivity index (χ1) is 9.83. The molecule has 1 aromatic heterocycles. The highest BCUT2D eigenvalue weighted by molar-refractivity contribution is 5.99. The van der Waals surface area contributed by atoms with Gasteiger partial charge in [-0.05, 0) is 39.3 Å². The molecule has 1 aromatic rings. The minimum atomic E-state index is -0.625. The fraction of sp³-hybridized carbons (Fsp3) is 0.533. The third-order valence-electron chi connectivity index (χ3n) is 3.06. The highest BCUT2D eigenvalue weighted by atomic mass is 16.6. The molecule has 0 fully saturated rings. The molecule has 0 saturated heterocycles. The number of hydrogen-bond acceptors (Lipinski definition) is 4. The van der Waals surface area contributed by atoms with Gasteiger partial charge < -0.3 is 10.1 Å². The van der Waals surface area contributed by atoms with Crippen LogP contribution in [-0.4, -0.2) is 35.2 Å². The Morgan fingerprint density at radius 3 is 2.81 bits per heavy atom. The van der Waals surface area contributed by atoms with Crippen molar-refractivity contribution in [2.75, 3.05) is 11.4 Å². The number of aromatic nitrogens is 1. The normalized spacial score (nSPS) is 17.3. The van der Waals surface area contributed by atoms with Crippen LogP contribution in [0.25, 0.3) is 0 Å². The predicted molar refractivity (Wildman–Crippen MR) is 79.1 cm³/mol. The van der Waals surface area contributed by atoms with Crippen LogP contribution in [0.5, 0.6) is 0 Å². The van der Waals surface area contributed by atoms with Crippen LogP contribution in [0.3, 0.4) is 0 Å². The molecule has 21 heavy (non-hydrogen) atoms. The molecule has 0 saturated carbocycles. The van der Waals surface area contributed by atoms with E-state index >= 15 is 0 Å². The summed E-state index contributed by atoms with van der Waals surface area (Å²) in [4.78, 5) is 30.2. The van der Waals surface area contributed by atoms with Crippen molar-refractivity contribution in [1.29, 1.82) is 0 Å². The number of nitrogens with one attached hydrogen (secondary N) is 1. The summed E-state index contributed by atoms with van der Waals surface area (Å²) < 4.78 is 5.40. The number of anilines is 1. The quantitative estimate of drug-likeness (QED) is 0.903. The lowest BCUT2D eigenvalue weighted by Gasteiger charge is -2.27. The van der Waals surface area contributed by atoms with E-state index in [0.29, 0.717) is 18.8 Å². The molecule has 114 valence electrons. The van der Waals surface area contributed by atoms with Crippen LogP contribution in [0, 0.1) is 0 Å². The van der Waals surface area contributed by atoms with Crippen LogP contribution in [0.1, 0.15) is 33.3 Å². The summed E-state index contributed by atoms with van der Waals surface area (Å²) >= 11 is 0. The van der Waals surface area contributed by atoms with E-state index in [2.05, 4.69) is 10.3 Å². The number of hydrogen-bond donors (Lipinski definition) is 1. The maximum absolute atomic E-state index is 12.4. The molecule has 1 aliphatic heterocycles. The third kappa shape index (κ3) is 3.32. The number of fused-ring (bicyclic) bond motifs is 1. The van der Waals surface area contributed by atoms with Gasteiger partial charge in [-0.3, -0.25) is 4.79 Å². The second kappa shape index (κ2) is 5.71. The number of carbonyl (C=O) groups is 2. The van der Waals surface area contributed by atoms with Crippen LogP contribution in [-0.2, 0) is 16.0 Å². The van der Waals surface area contributed by atoms with Crippen molar-refractivity contribution < 1.29 is 14.3 Å². The van der Waals surface area contributed by atoms with E-state index in [9.17, 15) is 9.59 Å². The third-order valence-corrected chi connectivity index (χ3v) is 3.06. The van der Waals surface area contributed by atoms with Crippen molar-refractivity contribution >= 4 is 17.8 Å². The zero-order chi connectivity index (χ0) is 15.6. The lowest BCUT2D eigenvalue weighted by atomic mass is 10.1. The number of ether oxygens (including phenoxy) is 1. The minimum Gasteiger partial charge on any atom is -0.443 e. The number of carbonyl (C=O) groups excluding carboxylic acids is 2. The molecule has 6 nitrogen and oxygen atoms in total. The molecule has 1 atom stereocenters. The Labute approximate surface area is 124 Å². The van der Waals surface area contributed by atoms with Crippen molar-refractivity contribution in [1.82, 2.24) is 10.3 Å². The number of amides is 2. The Balaban J connectivity index is 2.31. The lowest BCUT2D eigenvalue weighted by molar-refractivity contribution is -0.122. The Bertz CT molecular complexity index is 551. The van der Waals surface area contributed by atoms with Gasteiger partial charge in [0.05, 0.1) is 0 Å².